The summed E-state index contributed by atoms with van der Waals surface area (Å²) in [4.78, 5) is 12.0. The molecule has 2 aromatic rings. The molecule has 1 heterocycles. The van der Waals surface area contributed by atoms with Gasteiger partial charge in [-0.1, -0.05) is 35.5 Å². The predicted molar refractivity (Wildman–Crippen MR) is 69.2 cm³/mol. The average Bonchev–Trinajstić information content (AvgIpc) is 2.79. The highest BCUT2D eigenvalue weighted by atomic mass is 16.5. The van der Waals surface area contributed by atoms with Crippen LogP contribution in [0.2, 0.25) is 0 Å². The van der Waals surface area contributed by atoms with Crippen molar-refractivity contribution in [2.45, 2.75) is 6.92 Å². The molecule has 0 spiro atoms. The third-order valence-corrected chi connectivity index (χ3v) is 2.58. The summed E-state index contributed by atoms with van der Waals surface area (Å²) in [5, 5.41) is 23.8. The van der Waals surface area contributed by atoms with Crippen LogP contribution in [0.25, 0.3) is 11.3 Å². The second kappa shape index (κ2) is 5.68. The molecule has 1 aromatic carbocycles. The summed E-state index contributed by atoms with van der Waals surface area (Å²) in [5.41, 5.74) is 1.49. The van der Waals surface area contributed by atoms with Gasteiger partial charge in [-0.15, -0.1) is 0 Å². The van der Waals surface area contributed by atoms with E-state index >= 15 is 0 Å². The maximum atomic E-state index is 12.0. The minimum absolute atomic E-state index is 0.252. The van der Waals surface area contributed by atoms with Gasteiger partial charge in [-0.2, -0.15) is 0 Å². The Labute approximate surface area is 110 Å². The lowest BCUT2D eigenvalue weighted by molar-refractivity contribution is 0.0955. The fourth-order valence-corrected chi connectivity index (χ4v) is 1.70. The maximum Gasteiger partial charge on any atom is 0.472 e. The summed E-state index contributed by atoms with van der Waals surface area (Å²) in [6, 6.07) is 9.15. The van der Waals surface area contributed by atoms with Crippen molar-refractivity contribution in [3.63, 3.8) is 0 Å². The van der Waals surface area contributed by atoms with Gasteiger partial charge in [-0.05, 0) is 6.92 Å². The zero-order valence-corrected chi connectivity index (χ0v) is 10.3. The number of hydrogen-bond acceptors (Lipinski definition) is 5. The quantitative estimate of drug-likeness (QED) is 0.691. The second-order valence-corrected chi connectivity index (χ2v) is 4.02. The molecule has 0 bridgehead atoms. The lowest BCUT2D eigenvalue weighted by Gasteiger charge is -2.04. The summed E-state index contributed by atoms with van der Waals surface area (Å²) in [6.45, 7) is 1.63. The lowest BCUT2D eigenvalue weighted by Crippen LogP contribution is -2.35. The molecule has 3 N–H and O–H groups in total. The number of carbonyl (C=O) groups excluding carboxylic acids is 1. The Hall–Kier alpha value is -2.12. The van der Waals surface area contributed by atoms with Gasteiger partial charge in [-0.25, -0.2) is 0 Å². The summed E-state index contributed by atoms with van der Waals surface area (Å²) >= 11 is 0. The molecular weight excluding hydrogens is 247 g/mol. The third-order valence-electron chi connectivity index (χ3n) is 2.58. The van der Waals surface area contributed by atoms with Gasteiger partial charge in [0.25, 0.3) is 5.91 Å². The fraction of sp³-hybridized carbons (Fsp3) is 0.167. The monoisotopic (exact) mass is 260 g/mol. The van der Waals surface area contributed by atoms with Gasteiger partial charge in [0.05, 0.1) is 6.44 Å². The first kappa shape index (κ1) is 13.3. The standard InChI is InChI=1S/C12H13BN2O4/c1-8-10(12(16)14-7-13(17)18)11(15-19-8)9-5-3-2-4-6-9/h2-6,17-18H,7H2,1H3,(H,14,16). The van der Waals surface area contributed by atoms with Crippen molar-refractivity contribution in [1.29, 1.82) is 0 Å². The zero-order valence-electron chi connectivity index (χ0n) is 10.3. The highest BCUT2D eigenvalue weighted by Gasteiger charge is 2.22. The van der Waals surface area contributed by atoms with Crippen molar-refractivity contribution in [2.24, 2.45) is 0 Å². The van der Waals surface area contributed by atoms with Crippen LogP contribution in [-0.4, -0.2) is 34.7 Å². The van der Waals surface area contributed by atoms with Gasteiger partial charge in [0, 0.05) is 5.56 Å². The van der Waals surface area contributed by atoms with Crippen LogP contribution in [0.5, 0.6) is 0 Å². The molecule has 0 saturated carbocycles. The number of aryl methyl sites for hydroxylation is 1. The predicted octanol–water partition coefficient (Wildman–Crippen LogP) is 0.392. The van der Waals surface area contributed by atoms with Gasteiger partial charge in [0.15, 0.2) is 0 Å². The van der Waals surface area contributed by atoms with Gasteiger partial charge in [-0.3, -0.25) is 4.79 Å². The normalized spacial score (nSPS) is 10.3. The molecule has 19 heavy (non-hydrogen) atoms. The molecule has 7 heteroatoms. The Morgan fingerprint density at radius 3 is 2.68 bits per heavy atom. The van der Waals surface area contributed by atoms with Crippen molar-refractivity contribution >= 4 is 13.0 Å². The van der Waals surface area contributed by atoms with E-state index in [2.05, 4.69) is 10.5 Å². The Morgan fingerprint density at radius 1 is 1.37 bits per heavy atom. The molecule has 1 amide bonds. The van der Waals surface area contributed by atoms with Crippen LogP contribution >= 0.6 is 0 Å². The third kappa shape index (κ3) is 3.01. The molecule has 0 aliphatic carbocycles. The SMILES string of the molecule is Cc1onc(-c2ccccc2)c1C(=O)NCB(O)O. The molecule has 0 aliphatic rings. The number of amides is 1. The van der Waals surface area contributed by atoms with E-state index in [1.165, 1.54) is 0 Å². The molecule has 0 atom stereocenters. The molecule has 0 saturated heterocycles. The minimum Gasteiger partial charge on any atom is -0.426 e. The first-order valence-electron chi connectivity index (χ1n) is 5.75. The summed E-state index contributed by atoms with van der Waals surface area (Å²) in [5.74, 6) is -0.0746. The summed E-state index contributed by atoms with van der Waals surface area (Å²) in [6.07, 6.45) is -0.252. The lowest BCUT2D eigenvalue weighted by atomic mass is 9.92. The van der Waals surface area contributed by atoms with E-state index in [4.69, 9.17) is 14.6 Å². The van der Waals surface area contributed by atoms with E-state index in [1.54, 1.807) is 6.92 Å². The highest BCUT2D eigenvalue weighted by Crippen LogP contribution is 2.24. The second-order valence-electron chi connectivity index (χ2n) is 4.02. The van der Waals surface area contributed by atoms with Gasteiger partial charge >= 0.3 is 7.12 Å². The largest absolute Gasteiger partial charge is 0.472 e. The number of carbonyl (C=O) groups is 1. The average molecular weight is 260 g/mol. The van der Waals surface area contributed by atoms with Gasteiger partial charge < -0.3 is 19.9 Å². The molecule has 0 aliphatic heterocycles. The Morgan fingerprint density at radius 2 is 2.05 bits per heavy atom. The van der Waals surface area contributed by atoms with Gasteiger partial charge in [0.1, 0.15) is 17.0 Å². The van der Waals surface area contributed by atoms with Crippen molar-refractivity contribution in [3.8, 4) is 11.3 Å². The first-order valence-corrected chi connectivity index (χ1v) is 5.75. The minimum atomic E-state index is -1.59. The highest BCUT2D eigenvalue weighted by molar-refractivity contribution is 6.41. The molecule has 6 nitrogen and oxygen atoms in total. The number of aromatic nitrogens is 1. The molecule has 0 unspecified atom stereocenters. The van der Waals surface area contributed by atoms with Crippen molar-refractivity contribution in [1.82, 2.24) is 10.5 Å². The van der Waals surface area contributed by atoms with E-state index in [0.717, 1.165) is 5.56 Å². The molecular formula is C12H13BN2O4. The number of nitrogens with zero attached hydrogens (tertiary/aromatic N) is 1. The van der Waals surface area contributed by atoms with Crippen LogP contribution in [0.3, 0.4) is 0 Å². The molecule has 2 rings (SSSR count). The molecule has 1 aromatic heterocycles. The van der Waals surface area contributed by atoms with Crippen LogP contribution in [0, 0.1) is 6.92 Å². The van der Waals surface area contributed by atoms with E-state index in [-0.39, 0.29) is 6.44 Å². The van der Waals surface area contributed by atoms with Crippen LogP contribution in [-0.2, 0) is 0 Å². The smallest absolute Gasteiger partial charge is 0.426 e. The van der Waals surface area contributed by atoms with E-state index in [0.29, 0.717) is 17.0 Å². The van der Waals surface area contributed by atoms with E-state index < -0.39 is 13.0 Å². The first-order chi connectivity index (χ1) is 9.09. The van der Waals surface area contributed by atoms with E-state index in [1.807, 2.05) is 30.3 Å². The molecule has 0 fully saturated rings. The Kier molecular flexibility index (Phi) is 3.98. The van der Waals surface area contributed by atoms with Gasteiger partial charge in [0.2, 0.25) is 0 Å². The topological polar surface area (TPSA) is 95.6 Å². The van der Waals surface area contributed by atoms with Crippen molar-refractivity contribution in [2.75, 3.05) is 6.44 Å². The zero-order chi connectivity index (χ0) is 13.8. The summed E-state index contributed by atoms with van der Waals surface area (Å²) in [7, 11) is -1.59. The van der Waals surface area contributed by atoms with Crippen molar-refractivity contribution < 1.29 is 19.4 Å². The Bertz CT molecular complexity index is 568. The number of nitrogens with one attached hydrogen (secondary N) is 1. The van der Waals surface area contributed by atoms with E-state index in [9.17, 15) is 4.79 Å². The Balaban J connectivity index is 2.30. The molecule has 98 valence electrons. The fourth-order valence-electron chi connectivity index (χ4n) is 1.70. The number of rotatable bonds is 4. The number of hydrogen-bond donors (Lipinski definition) is 3. The van der Waals surface area contributed by atoms with Crippen molar-refractivity contribution in [3.05, 3.63) is 41.7 Å². The van der Waals surface area contributed by atoms with Crippen LogP contribution in [0.15, 0.2) is 34.9 Å². The molecule has 0 radical (unpaired) electrons. The van der Waals surface area contributed by atoms with Crippen LogP contribution in [0.4, 0.5) is 0 Å². The summed E-state index contributed by atoms with van der Waals surface area (Å²) < 4.78 is 5.04. The number of benzene rings is 1. The van der Waals surface area contributed by atoms with Crippen LogP contribution in [0.1, 0.15) is 16.1 Å². The maximum absolute atomic E-state index is 12.0. The van der Waals surface area contributed by atoms with Crippen LogP contribution < -0.4 is 5.32 Å².